The van der Waals surface area contributed by atoms with E-state index in [-0.39, 0.29) is 6.26 Å². The average Bonchev–Trinajstić information content (AvgIpc) is 2.54. The van der Waals surface area contributed by atoms with Crippen LogP contribution in [-0.4, -0.2) is 74.8 Å². The fraction of sp³-hybridized carbons (Fsp3) is 0.733. The summed E-state index contributed by atoms with van der Waals surface area (Å²) in [6.07, 6.45) is -6.34. The van der Waals surface area contributed by atoms with Gasteiger partial charge in [0.2, 0.25) is 5.76 Å². The van der Waals surface area contributed by atoms with Gasteiger partial charge >= 0.3 is 18.1 Å². The van der Waals surface area contributed by atoms with Gasteiger partial charge < -0.3 is 14.7 Å². The summed E-state index contributed by atoms with van der Waals surface area (Å²) >= 11 is 0. The third-order valence-electron chi connectivity index (χ3n) is 3.24. The van der Waals surface area contributed by atoms with Crippen molar-refractivity contribution in [3.05, 3.63) is 10.7 Å². The minimum absolute atomic E-state index is 0.0716. The van der Waals surface area contributed by atoms with Crippen molar-refractivity contribution < 1.29 is 49.8 Å². The Kier molecular flexibility index (Phi) is 11.5. The molecule has 0 aliphatic carbocycles. The Morgan fingerprint density at radius 3 is 1.57 bits per heavy atom. The molecule has 0 saturated carbocycles. The summed E-state index contributed by atoms with van der Waals surface area (Å²) in [6, 6.07) is 0. The number of hydrogen-bond acceptors (Lipinski definition) is 7. The molecule has 0 aromatic heterocycles. The molecule has 166 valence electrons. The van der Waals surface area contributed by atoms with E-state index < -0.39 is 51.0 Å². The highest BCUT2D eigenvalue weighted by atomic mass is 32.2. The Labute approximate surface area is 160 Å². The molecular weight excluding hydrogens is 417 g/mol. The number of alkyl halides is 5. The number of ketones is 1. The number of rotatable bonds is 8. The van der Waals surface area contributed by atoms with E-state index >= 15 is 0 Å². The number of esters is 1. The van der Waals surface area contributed by atoms with Gasteiger partial charge in [-0.15, -0.1) is 0 Å². The predicted octanol–water partition coefficient (Wildman–Crippen LogP) is 2.48. The van der Waals surface area contributed by atoms with Crippen molar-refractivity contribution in [1.82, 2.24) is 4.90 Å². The molecule has 13 heteroatoms. The van der Waals surface area contributed by atoms with Crippen LogP contribution in [0.3, 0.4) is 0 Å². The number of hydrogen-bond donors (Lipinski definition) is 1. The molecule has 0 aromatic rings. The van der Waals surface area contributed by atoms with Crippen LogP contribution < -0.4 is 0 Å². The van der Waals surface area contributed by atoms with Crippen molar-refractivity contribution in [2.75, 3.05) is 32.5 Å². The Bertz CT molecular complexity index is 663. The SMILES string of the molecule is CCN(CC)CC.CCOC(=O)C(O)=C(C(=O)C(F)(F)C(F)(F)F)S(C)(=O)=O. The first-order valence-corrected chi connectivity index (χ1v) is 9.93. The number of sulfone groups is 1. The molecule has 0 unspecified atom stereocenters. The van der Waals surface area contributed by atoms with Crippen LogP contribution in [0.1, 0.15) is 27.7 Å². The van der Waals surface area contributed by atoms with E-state index in [9.17, 15) is 40.0 Å². The van der Waals surface area contributed by atoms with Gasteiger partial charge in [0.25, 0.3) is 5.78 Å². The molecule has 0 atom stereocenters. The zero-order chi connectivity index (χ0) is 22.9. The zero-order valence-electron chi connectivity index (χ0n) is 16.1. The molecule has 0 spiro atoms. The fourth-order valence-corrected chi connectivity index (χ4v) is 2.59. The van der Waals surface area contributed by atoms with E-state index in [0.29, 0.717) is 0 Å². The Morgan fingerprint density at radius 2 is 1.36 bits per heavy atom. The minimum atomic E-state index is -6.41. The summed E-state index contributed by atoms with van der Waals surface area (Å²) in [6.45, 7) is 10.8. The van der Waals surface area contributed by atoms with Crippen LogP contribution in [0.15, 0.2) is 10.7 Å². The maximum atomic E-state index is 12.9. The fourth-order valence-electron chi connectivity index (χ4n) is 1.69. The largest absolute Gasteiger partial charge is 0.501 e. The maximum Gasteiger partial charge on any atom is 0.461 e. The molecule has 7 nitrogen and oxygen atoms in total. The van der Waals surface area contributed by atoms with Gasteiger partial charge in [-0.05, 0) is 26.6 Å². The van der Waals surface area contributed by atoms with Crippen molar-refractivity contribution in [2.24, 2.45) is 0 Å². The lowest BCUT2D eigenvalue weighted by molar-refractivity contribution is -0.266. The zero-order valence-corrected chi connectivity index (χ0v) is 16.9. The van der Waals surface area contributed by atoms with E-state index in [1.807, 2.05) is 0 Å². The first-order valence-electron chi connectivity index (χ1n) is 8.04. The minimum Gasteiger partial charge on any atom is -0.501 e. The number of nitrogens with zero attached hydrogens (tertiary/aromatic N) is 1. The van der Waals surface area contributed by atoms with Crippen LogP contribution in [0.5, 0.6) is 0 Å². The van der Waals surface area contributed by atoms with Crippen LogP contribution in [0.2, 0.25) is 0 Å². The van der Waals surface area contributed by atoms with Gasteiger partial charge in [0.05, 0.1) is 6.61 Å². The Morgan fingerprint density at radius 1 is 0.964 bits per heavy atom. The molecule has 0 rings (SSSR count). The summed E-state index contributed by atoms with van der Waals surface area (Å²) in [7, 11) is -5.07. The number of aliphatic hydroxyl groups is 1. The van der Waals surface area contributed by atoms with E-state index in [2.05, 4.69) is 30.4 Å². The second-order valence-electron chi connectivity index (χ2n) is 5.19. The molecule has 0 radical (unpaired) electrons. The number of halogens is 5. The molecule has 0 amide bonds. The highest BCUT2D eigenvalue weighted by molar-refractivity contribution is 7.95. The van der Waals surface area contributed by atoms with Crippen molar-refractivity contribution in [3.8, 4) is 0 Å². The lowest BCUT2D eigenvalue weighted by atomic mass is 10.2. The van der Waals surface area contributed by atoms with Crippen molar-refractivity contribution in [2.45, 2.75) is 39.8 Å². The van der Waals surface area contributed by atoms with E-state index in [0.717, 1.165) is 0 Å². The first kappa shape index (κ1) is 28.4. The number of carbonyl (C=O) groups excluding carboxylic acids is 2. The second kappa shape index (κ2) is 11.3. The van der Waals surface area contributed by atoms with Gasteiger partial charge in [0, 0.05) is 6.26 Å². The molecule has 0 saturated heterocycles. The molecule has 0 heterocycles. The van der Waals surface area contributed by atoms with Gasteiger partial charge in [-0.3, -0.25) is 4.79 Å². The Hall–Kier alpha value is -1.76. The van der Waals surface area contributed by atoms with Gasteiger partial charge in [-0.25, -0.2) is 13.2 Å². The van der Waals surface area contributed by atoms with E-state index in [4.69, 9.17) is 5.11 Å². The summed E-state index contributed by atoms with van der Waals surface area (Å²) in [4.78, 5) is 22.2. The molecule has 0 aliphatic rings. The standard InChI is InChI=1S/C9H9F5O6S.C6H15N/c1-3-20-7(17)4(15)5(21(2,18)19)6(16)8(10,11)9(12,13)14;1-4-7(5-2)6-3/h15H,3H2,1-2H3;4-6H2,1-3H3. The van der Waals surface area contributed by atoms with Crippen LogP contribution in [0, 0.1) is 0 Å². The summed E-state index contributed by atoms with van der Waals surface area (Å²) in [5, 5.41) is 9.15. The van der Waals surface area contributed by atoms with Crippen LogP contribution in [0.4, 0.5) is 22.0 Å². The monoisotopic (exact) mass is 441 g/mol. The molecular formula is C15H24F5NO6S. The van der Waals surface area contributed by atoms with Gasteiger partial charge in [-0.2, -0.15) is 22.0 Å². The summed E-state index contributed by atoms with van der Waals surface area (Å²) in [5.74, 6) is -13.5. The van der Waals surface area contributed by atoms with Crippen LogP contribution >= 0.6 is 0 Å². The molecule has 0 aliphatic heterocycles. The Balaban J connectivity index is 0. The quantitative estimate of drug-likeness (QED) is 0.267. The summed E-state index contributed by atoms with van der Waals surface area (Å²) < 4.78 is 88.3. The second-order valence-corrected chi connectivity index (χ2v) is 7.14. The summed E-state index contributed by atoms with van der Waals surface area (Å²) in [5.41, 5.74) is 0. The molecule has 0 bridgehead atoms. The molecule has 1 N–H and O–H groups in total. The number of carbonyl (C=O) groups is 2. The highest BCUT2D eigenvalue weighted by Crippen LogP contribution is 2.39. The topological polar surface area (TPSA) is 101 Å². The number of allylic oxidation sites excluding steroid dienone is 1. The van der Waals surface area contributed by atoms with Crippen molar-refractivity contribution in [1.29, 1.82) is 0 Å². The molecule has 28 heavy (non-hydrogen) atoms. The van der Waals surface area contributed by atoms with E-state index in [1.165, 1.54) is 26.6 Å². The lowest BCUT2D eigenvalue weighted by Crippen LogP contribution is -2.46. The van der Waals surface area contributed by atoms with Crippen LogP contribution in [-0.2, 0) is 24.2 Å². The average molecular weight is 441 g/mol. The number of ether oxygens (including phenoxy) is 1. The lowest BCUT2D eigenvalue weighted by Gasteiger charge is -2.19. The van der Waals surface area contributed by atoms with E-state index in [1.54, 1.807) is 0 Å². The van der Waals surface area contributed by atoms with Crippen LogP contribution in [0.25, 0.3) is 0 Å². The number of Topliss-reactive ketones (excluding diaryl/α,β-unsaturated/α-hetero) is 1. The first-order chi connectivity index (χ1) is 12.5. The smallest absolute Gasteiger partial charge is 0.461 e. The maximum absolute atomic E-state index is 12.9. The van der Waals surface area contributed by atoms with Gasteiger partial charge in [0.15, 0.2) is 14.7 Å². The third kappa shape index (κ3) is 8.09. The van der Waals surface area contributed by atoms with Crippen molar-refractivity contribution >= 4 is 21.6 Å². The van der Waals surface area contributed by atoms with Crippen molar-refractivity contribution in [3.63, 3.8) is 0 Å². The molecule has 0 fully saturated rings. The third-order valence-corrected chi connectivity index (χ3v) is 4.36. The molecule has 0 aromatic carbocycles. The van der Waals surface area contributed by atoms with Gasteiger partial charge in [-0.1, -0.05) is 20.8 Å². The predicted molar refractivity (Wildman–Crippen MR) is 90.6 cm³/mol. The highest BCUT2D eigenvalue weighted by Gasteiger charge is 2.65. The number of aliphatic hydroxyl groups excluding tert-OH is 1. The normalized spacial score (nSPS) is 13.4. The van der Waals surface area contributed by atoms with Gasteiger partial charge in [0.1, 0.15) is 0 Å².